The highest BCUT2D eigenvalue weighted by Crippen LogP contribution is 2.24. The van der Waals surface area contributed by atoms with Gasteiger partial charge in [0, 0.05) is 11.1 Å². The lowest BCUT2D eigenvalue weighted by molar-refractivity contribution is 0.0690. The molecular weight excluding hydrogens is 268 g/mol. The molecule has 0 fully saturated rings. The van der Waals surface area contributed by atoms with Crippen LogP contribution in [0.15, 0.2) is 42.7 Å². The van der Waals surface area contributed by atoms with Crippen molar-refractivity contribution < 1.29 is 9.90 Å². The highest BCUT2D eigenvalue weighted by molar-refractivity contribution is 5.92. The van der Waals surface area contributed by atoms with E-state index in [2.05, 4.69) is 20.3 Å². The molecule has 0 aliphatic heterocycles. The first-order valence-electron chi connectivity index (χ1n) is 6.32. The SMILES string of the molecule is Cc1ccc2cccc(Nc3cnc(C(=O)O)cn3)c2n1. The molecular formula is C15H12N4O2. The summed E-state index contributed by atoms with van der Waals surface area (Å²) in [5.41, 5.74) is 2.46. The molecule has 6 heteroatoms. The Morgan fingerprint density at radius 3 is 2.71 bits per heavy atom. The Hall–Kier alpha value is -3.02. The predicted molar refractivity (Wildman–Crippen MR) is 78.8 cm³/mol. The second-order valence-corrected chi connectivity index (χ2v) is 4.55. The first-order valence-corrected chi connectivity index (χ1v) is 6.32. The minimum absolute atomic E-state index is 0.0903. The fourth-order valence-corrected chi connectivity index (χ4v) is 1.99. The summed E-state index contributed by atoms with van der Waals surface area (Å²) in [4.78, 5) is 23.1. The van der Waals surface area contributed by atoms with Crippen LogP contribution in [0.4, 0.5) is 11.5 Å². The lowest BCUT2D eigenvalue weighted by Gasteiger charge is -2.08. The Morgan fingerprint density at radius 1 is 1.14 bits per heavy atom. The summed E-state index contributed by atoms with van der Waals surface area (Å²) >= 11 is 0. The summed E-state index contributed by atoms with van der Waals surface area (Å²) in [6.07, 6.45) is 2.60. The van der Waals surface area contributed by atoms with Gasteiger partial charge in [-0.25, -0.2) is 14.8 Å². The molecule has 21 heavy (non-hydrogen) atoms. The number of hydrogen-bond donors (Lipinski definition) is 2. The van der Waals surface area contributed by atoms with E-state index in [0.29, 0.717) is 5.82 Å². The van der Waals surface area contributed by atoms with Crippen molar-refractivity contribution in [2.45, 2.75) is 6.92 Å². The van der Waals surface area contributed by atoms with Gasteiger partial charge in [-0.15, -0.1) is 0 Å². The van der Waals surface area contributed by atoms with Crippen molar-refractivity contribution in [1.29, 1.82) is 0 Å². The standard InChI is InChI=1S/C15H12N4O2/c1-9-5-6-10-3-2-4-11(14(10)18-9)19-13-8-16-12(7-17-13)15(20)21/h2-8H,1H3,(H,17,19)(H,20,21). The summed E-state index contributed by atoms with van der Waals surface area (Å²) in [5, 5.41) is 12.9. The number of aromatic nitrogens is 3. The van der Waals surface area contributed by atoms with Gasteiger partial charge >= 0.3 is 5.97 Å². The number of nitrogens with one attached hydrogen (secondary N) is 1. The molecule has 3 aromatic rings. The summed E-state index contributed by atoms with van der Waals surface area (Å²) in [6.45, 7) is 1.93. The fourth-order valence-electron chi connectivity index (χ4n) is 1.99. The molecule has 104 valence electrons. The molecule has 1 aromatic carbocycles. The van der Waals surface area contributed by atoms with Crippen molar-refractivity contribution in [3.63, 3.8) is 0 Å². The van der Waals surface area contributed by atoms with Crippen molar-refractivity contribution >= 4 is 28.4 Å². The van der Waals surface area contributed by atoms with Crippen LogP contribution in [-0.4, -0.2) is 26.0 Å². The molecule has 0 spiro atoms. The Bertz CT molecular complexity index is 816. The number of carboxylic acid groups (broad SMARTS) is 1. The maximum absolute atomic E-state index is 10.7. The third-order valence-electron chi connectivity index (χ3n) is 2.99. The second-order valence-electron chi connectivity index (χ2n) is 4.55. The largest absolute Gasteiger partial charge is 0.476 e. The van der Waals surface area contributed by atoms with Gasteiger partial charge in [-0.2, -0.15) is 0 Å². The van der Waals surface area contributed by atoms with E-state index in [1.54, 1.807) is 0 Å². The number of anilines is 2. The number of aryl methyl sites for hydroxylation is 1. The smallest absolute Gasteiger partial charge is 0.356 e. The minimum Gasteiger partial charge on any atom is -0.476 e. The molecule has 2 N–H and O–H groups in total. The number of fused-ring (bicyclic) bond motifs is 1. The van der Waals surface area contributed by atoms with Crippen LogP contribution < -0.4 is 5.32 Å². The summed E-state index contributed by atoms with van der Waals surface area (Å²) in [6, 6.07) is 9.74. The summed E-state index contributed by atoms with van der Waals surface area (Å²) in [5.74, 6) is -0.632. The molecule has 0 atom stereocenters. The number of carbonyl (C=O) groups is 1. The van der Waals surface area contributed by atoms with Gasteiger partial charge in [0.05, 0.1) is 23.6 Å². The second kappa shape index (κ2) is 5.16. The number of benzene rings is 1. The number of rotatable bonds is 3. The number of aromatic carboxylic acids is 1. The molecule has 0 aliphatic carbocycles. The Labute approximate surface area is 120 Å². The van der Waals surface area contributed by atoms with E-state index in [-0.39, 0.29) is 5.69 Å². The third kappa shape index (κ3) is 2.64. The fraction of sp³-hybridized carbons (Fsp3) is 0.0667. The molecule has 0 unspecified atom stereocenters. The summed E-state index contributed by atoms with van der Waals surface area (Å²) in [7, 11) is 0. The van der Waals surface area contributed by atoms with Gasteiger partial charge in [-0.05, 0) is 19.1 Å². The zero-order chi connectivity index (χ0) is 14.8. The van der Waals surface area contributed by atoms with Gasteiger partial charge in [0.2, 0.25) is 0 Å². The topological polar surface area (TPSA) is 88.0 Å². The molecule has 0 aliphatic rings. The molecule has 6 nitrogen and oxygen atoms in total. The quantitative estimate of drug-likeness (QED) is 0.767. The van der Waals surface area contributed by atoms with Crippen LogP contribution in [0, 0.1) is 6.92 Å². The van der Waals surface area contributed by atoms with Crippen molar-refractivity contribution in [3.05, 3.63) is 54.1 Å². The van der Waals surface area contributed by atoms with Crippen LogP contribution in [0.3, 0.4) is 0 Å². The highest BCUT2D eigenvalue weighted by atomic mass is 16.4. The first-order chi connectivity index (χ1) is 10.1. The van der Waals surface area contributed by atoms with Gasteiger partial charge in [0.25, 0.3) is 0 Å². The maximum atomic E-state index is 10.7. The van der Waals surface area contributed by atoms with E-state index in [0.717, 1.165) is 22.3 Å². The lowest BCUT2D eigenvalue weighted by atomic mass is 10.2. The number of pyridine rings is 1. The predicted octanol–water partition coefficient (Wildman–Crippen LogP) is 2.78. The van der Waals surface area contributed by atoms with E-state index in [1.165, 1.54) is 12.4 Å². The van der Waals surface area contributed by atoms with Gasteiger partial charge in [-0.1, -0.05) is 18.2 Å². The zero-order valence-corrected chi connectivity index (χ0v) is 11.2. The Kier molecular flexibility index (Phi) is 3.19. The molecule has 0 saturated carbocycles. The average molecular weight is 280 g/mol. The minimum atomic E-state index is -1.10. The van der Waals surface area contributed by atoms with E-state index < -0.39 is 5.97 Å². The van der Waals surface area contributed by atoms with Crippen LogP contribution in [0.1, 0.15) is 16.2 Å². The summed E-state index contributed by atoms with van der Waals surface area (Å²) < 4.78 is 0. The average Bonchev–Trinajstić information content (AvgIpc) is 2.48. The maximum Gasteiger partial charge on any atom is 0.356 e. The number of hydrogen-bond acceptors (Lipinski definition) is 5. The van der Waals surface area contributed by atoms with E-state index >= 15 is 0 Å². The van der Waals surface area contributed by atoms with Crippen molar-refractivity contribution in [2.75, 3.05) is 5.32 Å². The van der Waals surface area contributed by atoms with Crippen LogP contribution in [0.25, 0.3) is 10.9 Å². The van der Waals surface area contributed by atoms with Gasteiger partial charge in [-0.3, -0.25) is 4.98 Å². The monoisotopic (exact) mass is 280 g/mol. The van der Waals surface area contributed by atoms with E-state index in [4.69, 9.17) is 5.11 Å². The Morgan fingerprint density at radius 2 is 2.00 bits per heavy atom. The first kappa shape index (κ1) is 13.0. The molecule has 2 heterocycles. The van der Waals surface area contributed by atoms with Gasteiger partial charge < -0.3 is 10.4 Å². The zero-order valence-electron chi connectivity index (χ0n) is 11.2. The normalized spacial score (nSPS) is 10.5. The third-order valence-corrected chi connectivity index (χ3v) is 2.99. The number of para-hydroxylation sites is 1. The molecule has 0 radical (unpaired) electrons. The van der Waals surface area contributed by atoms with Crippen LogP contribution in [0.5, 0.6) is 0 Å². The number of nitrogens with zero attached hydrogens (tertiary/aromatic N) is 3. The highest BCUT2D eigenvalue weighted by Gasteiger charge is 2.07. The van der Waals surface area contributed by atoms with Crippen molar-refractivity contribution in [3.8, 4) is 0 Å². The molecule has 0 amide bonds. The lowest BCUT2D eigenvalue weighted by Crippen LogP contribution is -2.03. The van der Waals surface area contributed by atoms with Gasteiger partial charge in [0.15, 0.2) is 5.69 Å². The molecule has 3 rings (SSSR count). The molecule has 2 aromatic heterocycles. The van der Waals surface area contributed by atoms with Crippen LogP contribution >= 0.6 is 0 Å². The molecule has 0 saturated heterocycles. The van der Waals surface area contributed by atoms with E-state index in [1.807, 2.05) is 37.3 Å². The molecule has 0 bridgehead atoms. The van der Waals surface area contributed by atoms with Crippen molar-refractivity contribution in [1.82, 2.24) is 15.0 Å². The van der Waals surface area contributed by atoms with Crippen LogP contribution in [-0.2, 0) is 0 Å². The Balaban J connectivity index is 1.97. The van der Waals surface area contributed by atoms with E-state index in [9.17, 15) is 4.79 Å². The van der Waals surface area contributed by atoms with Crippen molar-refractivity contribution in [2.24, 2.45) is 0 Å². The number of carboxylic acids is 1. The van der Waals surface area contributed by atoms with Crippen LogP contribution in [0.2, 0.25) is 0 Å². The van der Waals surface area contributed by atoms with Gasteiger partial charge in [0.1, 0.15) is 5.82 Å².